The number of halogens is 2. The predicted octanol–water partition coefficient (Wildman–Crippen LogP) is 5.14. The number of hydrogen-bond donors (Lipinski definition) is 0. The summed E-state index contributed by atoms with van der Waals surface area (Å²) in [6, 6.07) is 16.1. The van der Waals surface area contributed by atoms with E-state index in [0.29, 0.717) is 10.5 Å². The van der Waals surface area contributed by atoms with Crippen molar-refractivity contribution in [2.75, 3.05) is 0 Å². The Morgan fingerprint density at radius 1 is 1.09 bits per heavy atom. The lowest BCUT2D eigenvalue weighted by Gasteiger charge is -2.25. The number of hydrogen-bond acceptors (Lipinski definition) is 2. The minimum absolute atomic E-state index is 0.0618. The van der Waals surface area contributed by atoms with E-state index in [1.807, 2.05) is 25.1 Å². The Bertz CT molecular complexity index is 697. The number of alkyl halides is 2. The molecule has 0 saturated carbocycles. The van der Waals surface area contributed by atoms with E-state index in [-0.39, 0.29) is 12.2 Å². The third kappa shape index (κ3) is 4.43. The van der Waals surface area contributed by atoms with Crippen LogP contribution in [0.3, 0.4) is 0 Å². The number of rotatable bonds is 6. The van der Waals surface area contributed by atoms with Crippen molar-refractivity contribution in [1.82, 2.24) is 0 Å². The number of Topliss-reactive ketones (excluding diaryl/α,β-unsaturated/α-hetero) is 1. The highest BCUT2D eigenvalue weighted by Crippen LogP contribution is 2.39. The Kier molecular flexibility index (Phi) is 6.01. The Balaban J connectivity index is 2.12. The molecule has 2 unspecified atom stereocenters. The first-order valence-corrected chi connectivity index (χ1v) is 9.17. The van der Waals surface area contributed by atoms with Gasteiger partial charge in [-0.3, -0.25) is 9.00 Å². The van der Waals surface area contributed by atoms with Crippen molar-refractivity contribution in [3.63, 3.8) is 0 Å². The van der Waals surface area contributed by atoms with E-state index in [1.54, 1.807) is 43.3 Å². The highest BCUT2D eigenvalue weighted by molar-refractivity contribution is 7.89. The van der Waals surface area contributed by atoms with E-state index < -0.39 is 20.4 Å². The van der Waals surface area contributed by atoms with E-state index in [4.69, 9.17) is 23.2 Å². The Morgan fingerprint density at radius 2 is 1.65 bits per heavy atom. The summed E-state index contributed by atoms with van der Waals surface area (Å²) in [7, 11) is -1.62. The quantitative estimate of drug-likeness (QED) is 0.522. The molecule has 0 aliphatic carbocycles. The minimum atomic E-state index is -1.62. The van der Waals surface area contributed by atoms with Gasteiger partial charge >= 0.3 is 0 Å². The highest BCUT2D eigenvalue weighted by atomic mass is 35.5. The van der Waals surface area contributed by atoms with Crippen LogP contribution in [0.2, 0.25) is 0 Å². The normalized spacial score (nSPS) is 14.3. The molecule has 0 heterocycles. The molecule has 0 bridgehead atoms. The molecule has 0 aromatic heterocycles. The van der Waals surface area contributed by atoms with E-state index in [1.165, 1.54) is 0 Å². The van der Waals surface area contributed by atoms with Crippen molar-refractivity contribution in [1.29, 1.82) is 0 Å². The molecule has 2 atom stereocenters. The molecule has 2 rings (SSSR count). The number of carbonyl (C=O) groups excluding carboxylic acids is 1. The zero-order valence-corrected chi connectivity index (χ0v) is 15.3. The molecule has 0 radical (unpaired) electrons. The second-order valence-electron chi connectivity index (χ2n) is 5.54. The molecule has 0 aliphatic heterocycles. The van der Waals surface area contributed by atoms with Crippen molar-refractivity contribution >= 4 is 39.8 Å². The molecule has 0 N–H and O–H groups in total. The van der Waals surface area contributed by atoms with Crippen LogP contribution in [0.25, 0.3) is 0 Å². The van der Waals surface area contributed by atoms with Gasteiger partial charge < -0.3 is 0 Å². The molecule has 0 fully saturated rings. The monoisotopic (exact) mass is 368 g/mol. The molecule has 2 nitrogen and oxygen atoms in total. The maximum absolute atomic E-state index is 12.6. The number of aryl methyl sites for hydroxylation is 1. The van der Waals surface area contributed by atoms with Crippen LogP contribution in [0.4, 0.5) is 0 Å². The number of carbonyl (C=O) groups is 1. The molecular formula is C18H18Cl2O2S. The van der Waals surface area contributed by atoms with Gasteiger partial charge in [0.05, 0.1) is 10.8 Å². The lowest BCUT2D eigenvalue weighted by Crippen LogP contribution is -2.30. The highest BCUT2D eigenvalue weighted by Gasteiger charge is 2.40. The van der Waals surface area contributed by atoms with Crippen LogP contribution >= 0.6 is 23.2 Å². The van der Waals surface area contributed by atoms with E-state index in [0.717, 1.165) is 5.56 Å². The number of benzene rings is 2. The lowest BCUT2D eigenvalue weighted by molar-refractivity contribution is 0.0965. The van der Waals surface area contributed by atoms with Crippen molar-refractivity contribution in [3.05, 3.63) is 65.7 Å². The van der Waals surface area contributed by atoms with Gasteiger partial charge in [0.2, 0.25) is 0 Å². The first-order valence-electron chi connectivity index (χ1n) is 7.27. The topological polar surface area (TPSA) is 34.1 Å². The zero-order valence-electron chi connectivity index (χ0n) is 13.0. The van der Waals surface area contributed by atoms with Crippen molar-refractivity contribution < 1.29 is 9.00 Å². The van der Waals surface area contributed by atoms with Crippen LogP contribution in [-0.2, 0) is 10.8 Å². The molecule has 2 aromatic carbocycles. The van der Waals surface area contributed by atoms with E-state index in [9.17, 15) is 9.00 Å². The van der Waals surface area contributed by atoms with Gasteiger partial charge in [0.1, 0.15) is 0 Å². The van der Waals surface area contributed by atoms with Gasteiger partial charge in [-0.15, -0.1) is 0 Å². The summed E-state index contributed by atoms with van der Waals surface area (Å²) in [5.74, 6) is -0.520. The summed E-state index contributed by atoms with van der Waals surface area (Å²) < 4.78 is 11.1. The van der Waals surface area contributed by atoms with Crippen molar-refractivity contribution in [2.45, 2.75) is 28.8 Å². The fourth-order valence-electron chi connectivity index (χ4n) is 2.14. The van der Waals surface area contributed by atoms with Crippen molar-refractivity contribution in [3.8, 4) is 0 Å². The van der Waals surface area contributed by atoms with Gasteiger partial charge in [0, 0.05) is 22.8 Å². The van der Waals surface area contributed by atoms with Gasteiger partial charge in [-0.1, -0.05) is 78.2 Å². The molecule has 2 aromatic rings. The summed E-state index contributed by atoms with van der Waals surface area (Å²) in [6.07, 6.45) is 0.134. The largest absolute Gasteiger partial charge is 0.294 e. The third-order valence-corrected chi connectivity index (χ3v) is 6.83. The number of ketones is 1. The maximum atomic E-state index is 12.6. The van der Waals surface area contributed by atoms with Crippen LogP contribution in [0.5, 0.6) is 0 Å². The molecule has 0 aliphatic rings. The molecule has 122 valence electrons. The predicted molar refractivity (Wildman–Crippen MR) is 96.6 cm³/mol. The van der Waals surface area contributed by atoms with Gasteiger partial charge in [0.25, 0.3) is 0 Å². The van der Waals surface area contributed by atoms with Crippen LogP contribution in [0, 0.1) is 12.8 Å². The maximum Gasteiger partial charge on any atom is 0.199 e. The average Bonchev–Trinajstić information content (AvgIpc) is 2.55. The first-order chi connectivity index (χ1) is 10.8. The van der Waals surface area contributed by atoms with Crippen LogP contribution in [-0.4, -0.2) is 13.7 Å². The van der Waals surface area contributed by atoms with Crippen molar-refractivity contribution in [2.24, 2.45) is 5.92 Å². The fourth-order valence-corrected chi connectivity index (χ4v) is 3.99. The van der Waals surface area contributed by atoms with Gasteiger partial charge in [0.15, 0.2) is 9.45 Å². The Morgan fingerprint density at radius 3 is 2.22 bits per heavy atom. The van der Waals surface area contributed by atoms with Gasteiger partial charge in [-0.05, 0) is 19.1 Å². The average molecular weight is 369 g/mol. The molecule has 23 heavy (non-hydrogen) atoms. The molecular weight excluding hydrogens is 351 g/mol. The molecule has 0 amide bonds. The van der Waals surface area contributed by atoms with Gasteiger partial charge in [-0.2, -0.15) is 0 Å². The minimum Gasteiger partial charge on any atom is -0.294 e. The summed E-state index contributed by atoms with van der Waals surface area (Å²) in [5, 5.41) is 0. The summed E-state index contributed by atoms with van der Waals surface area (Å²) in [4.78, 5) is 12.9. The SMILES string of the molecule is Cc1ccc(C(=O)CC(C)C(Cl)(Cl)S(=O)c2ccccc2)cc1. The second kappa shape index (κ2) is 7.61. The Labute approximate surface area is 149 Å². The summed E-state index contributed by atoms with van der Waals surface area (Å²) in [5.41, 5.74) is 1.70. The smallest absolute Gasteiger partial charge is 0.199 e. The molecule has 0 spiro atoms. The lowest BCUT2D eigenvalue weighted by atomic mass is 10.00. The first kappa shape index (κ1) is 18.2. The van der Waals surface area contributed by atoms with E-state index in [2.05, 4.69) is 0 Å². The fraction of sp³-hybridized carbons (Fsp3) is 0.278. The summed E-state index contributed by atoms with van der Waals surface area (Å²) in [6.45, 7) is 3.70. The van der Waals surface area contributed by atoms with E-state index >= 15 is 0 Å². The van der Waals surface area contributed by atoms with Gasteiger partial charge in [-0.25, -0.2) is 0 Å². The zero-order chi connectivity index (χ0) is 17.0. The third-order valence-electron chi connectivity index (χ3n) is 3.64. The van der Waals surface area contributed by atoms with Crippen LogP contribution < -0.4 is 0 Å². The standard InChI is InChI=1S/C18H18Cl2O2S/c1-13-8-10-15(11-9-13)17(21)12-14(2)18(19,20)23(22)16-6-4-3-5-7-16/h3-11,14H,12H2,1-2H3. The van der Waals surface area contributed by atoms with Crippen LogP contribution in [0.15, 0.2) is 59.5 Å². The second-order valence-corrected chi connectivity index (χ2v) is 9.02. The molecule has 0 saturated heterocycles. The molecule has 5 heteroatoms. The Hall–Kier alpha value is -1.16. The summed E-state index contributed by atoms with van der Waals surface area (Å²) >= 11 is 12.7. The van der Waals surface area contributed by atoms with Crippen LogP contribution in [0.1, 0.15) is 29.3 Å².